The summed E-state index contributed by atoms with van der Waals surface area (Å²) in [6.45, 7) is 2.00. The first kappa shape index (κ1) is 27.3. The van der Waals surface area contributed by atoms with E-state index < -0.39 is 42.5 Å². The molecule has 0 bridgehead atoms. The predicted molar refractivity (Wildman–Crippen MR) is 126 cm³/mol. The highest BCUT2D eigenvalue weighted by Crippen LogP contribution is 2.39. The van der Waals surface area contributed by atoms with Crippen LogP contribution in [0.3, 0.4) is 0 Å². The number of hydrogen-bond acceptors (Lipinski definition) is 12. The van der Waals surface area contributed by atoms with Crippen LogP contribution >= 0.6 is 0 Å². The third-order valence-corrected chi connectivity index (χ3v) is 8.18. The number of nitrogens with two attached hydrogens (primary N) is 3. The number of piperidine rings is 1. The fourth-order valence-corrected chi connectivity index (χ4v) is 6.50. The maximum Gasteiger partial charge on any atom is 0.242 e. The fraction of sp³-hybridized carbons (Fsp3) is 0.611. The van der Waals surface area contributed by atoms with Gasteiger partial charge in [-0.05, 0) is 36.1 Å². The SMILES string of the molecule is NCCOCC1CCN(c2ccc(S(=O)(=O)NC[C@H](O)CN)c(S(N)(=O)=O)c2-c2nn[nH]n2)CC1. The number of aromatic nitrogens is 4. The van der Waals surface area contributed by atoms with E-state index in [1.54, 1.807) is 0 Å². The van der Waals surface area contributed by atoms with E-state index in [1.165, 1.54) is 6.07 Å². The third kappa shape index (κ3) is 6.70. The monoisotopic (exact) mass is 533 g/mol. The average molecular weight is 534 g/mol. The molecule has 1 saturated heterocycles. The normalized spacial score (nSPS) is 16.5. The molecule has 0 amide bonds. The van der Waals surface area contributed by atoms with Gasteiger partial charge in [-0.15, -0.1) is 10.2 Å². The van der Waals surface area contributed by atoms with Gasteiger partial charge < -0.3 is 26.2 Å². The number of rotatable bonds is 12. The Morgan fingerprint density at radius 1 is 1.23 bits per heavy atom. The Bertz CT molecular complexity index is 1180. The lowest BCUT2D eigenvalue weighted by molar-refractivity contribution is 0.0961. The van der Waals surface area contributed by atoms with Crippen LogP contribution in [0.5, 0.6) is 0 Å². The molecule has 1 atom stereocenters. The number of nitrogens with zero attached hydrogens (tertiary/aromatic N) is 4. The second-order valence-corrected chi connectivity index (χ2v) is 11.3. The fourth-order valence-electron chi connectivity index (χ4n) is 3.84. The zero-order valence-electron chi connectivity index (χ0n) is 19.0. The van der Waals surface area contributed by atoms with E-state index in [-0.39, 0.29) is 17.9 Å². The van der Waals surface area contributed by atoms with Gasteiger partial charge in [-0.3, -0.25) is 0 Å². The number of tetrazole rings is 1. The third-order valence-electron chi connectivity index (χ3n) is 5.59. The summed E-state index contributed by atoms with van der Waals surface area (Å²) >= 11 is 0. The van der Waals surface area contributed by atoms with Crippen molar-refractivity contribution in [3.05, 3.63) is 12.1 Å². The van der Waals surface area contributed by atoms with Gasteiger partial charge in [0, 0.05) is 45.0 Å². The number of hydrogen-bond donors (Lipinski definition) is 6. The van der Waals surface area contributed by atoms with Crippen LogP contribution < -0.4 is 26.2 Å². The molecular weight excluding hydrogens is 502 g/mol. The molecule has 0 radical (unpaired) electrons. The Morgan fingerprint density at radius 2 is 1.94 bits per heavy atom. The Balaban J connectivity index is 2.04. The molecule has 1 aromatic heterocycles. The molecule has 1 aliphatic rings. The standard InChI is InChI=1S/C18H31N9O6S2/c19-5-8-33-11-12-3-6-27(7-4-12)14-1-2-15(35(31,32)22-10-13(28)9-20)17(34(21,29)30)16(14)18-23-25-26-24-18/h1-2,12-13,22,28H,3-11,19-20H2,(H2,21,29,30)(H,23,24,25,26)/t13-/m1/s1. The molecule has 1 aromatic carbocycles. The van der Waals surface area contributed by atoms with Crippen LogP contribution in [0.25, 0.3) is 11.4 Å². The molecule has 196 valence electrons. The van der Waals surface area contributed by atoms with Crippen molar-refractivity contribution in [2.75, 3.05) is 50.8 Å². The van der Waals surface area contributed by atoms with Gasteiger partial charge in [-0.1, -0.05) is 0 Å². The van der Waals surface area contributed by atoms with Gasteiger partial charge in [-0.25, -0.2) is 26.7 Å². The number of aliphatic hydroxyl groups is 1. The molecule has 0 spiro atoms. The molecule has 0 aliphatic carbocycles. The van der Waals surface area contributed by atoms with Crippen molar-refractivity contribution in [3.63, 3.8) is 0 Å². The van der Waals surface area contributed by atoms with Crippen molar-refractivity contribution in [2.45, 2.75) is 28.7 Å². The summed E-state index contributed by atoms with van der Waals surface area (Å²) in [6.07, 6.45) is 0.368. The molecule has 0 unspecified atom stereocenters. The van der Waals surface area contributed by atoms with Crippen molar-refractivity contribution in [1.82, 2.24) is 25.3 Å². The number of nitrogens with one attached hydrogen (secondary N) is 2. The molecule has 9 N–H and O–H groups in total. The van der Waals surface area contributed by atoms with Crippen molar-refractivity contribution >= 4 is 25.7 Å². The summed E-state index contributed by atoms with van der Waals surface area (Å²) < 4.78 is 59.2. The number of primary sulfonamides is 1. The summed E-state index contributed by atoms with van der Waals surface area (Å²) in [7, 11) is -9.01. The molecule has 35 heavy (non-hydrogen) atoms. The molecule has 1 fully saturated rings. The summed E-state index contributed by atoms with van der Waals surface area (Å²) in [5.41, 5.74) is 11.1. The Morgan fingerprint density at radius 3 is 2.51 bits per heavy atom. The highest BCUT2D eigenvalue weighted by Gasteiger charge is 2.34. The van der Waals surface area contributed by atoms with Gasteiger partial charge in [0.05, 0.1) is 18.3 Å². The lowest BCUT2D eigenvalue weighted by atomic mass is 9.96. The first-order valence-corrected chi connectivity index (χ1v) is 14.0. The van der Waals surface area contributed by atoms with Crippen molar-refractivity contribution in [2.24, 2.45) is 22.5 Å². The Hall–Kier alpha value is -2.25. The first-order chi connectivity index (χ1) is 16.6. The smallest absolute Gasteiger partial charge is 0.242 e. The van der Waals surface area contributed by atoms with Crippen LogP contribution in [0.1, 0.15) is 12.8 Å². The average Bonchev–Trinajstić information content (AvgIpc) is 3.36. The van der Waals surface area contributed by atoms with Gasteiger partial charge >= 0.3 is 0 Å². The zero-order chi connectivity index (χ0) is 25.6. The number of benzene rings is 1. The minimum Gasteiger partial charge on any atom is -0.390 e. The van der Waals surface area contributed by atoms with Crippen LogP contribution in [0.2, 0.25) is 0 Å². The van der Waals surface area contributed by atoms with Crippen molar-refractivity contribution in [3.8, 4) is 11.4 Å². The van der Waals surface area contributed by atoms with Crippen molar-refractivity contribution < 1.29 is 26.7 Å². The van der Waals surface area contributed by atoms with E-state index >= 15 is 0 Å². The molecular formula is C18H31N9O6S2. The zero-order valence-corrected chi connectivity index (χ0v) is 20.6. The minimum atomic E-state index is -4.59. The largest absolute Gasteiger partial charge is 0.390 e. The summed E-state index contributed by atoms with van der Waals surface area (Å²) in [5.74, 6) is 0.179. The highest BCUT2D eigenvalue weighted by molar-refractivity contribution is 7.92. The van der Waals surface area contributed by atoms with Gasteiger partial charge in [0.25, 0.3) is 0 Å². The van der Waals surface area contributed by atoms with Crippen LogP contribution in [-0.4, -0.2) is 94.6 Å². The van der Waals surface area contributed by atoms with E-state index in [0.29, 0.717) is 44.5 Å². The van der Waals surface area contributed by atoms with Crippen molar-refractivity contribution in [1.29, 1.82) is 0 Å². The first-order valence-electron chi connectivity index (χ1n) is 10.9. The highest BCUT2D eigenvalue weighted by atomic mass is 32.2. The lowest BCUT2D eigenvalue weighted by Crippen LogP contribution is -2.37. The summed E-state index contributed by atoms with van der Waals surface area (Å²) in [4.78, 5) is 0.652. The molecule has 2 heterocycles. The van der Waals surface area contributed by atoms with Gasteiger partial charge in [0.1, 0.15) is 9.79 Å². The minimum absolute atomic E-state index is 0.0821. The number of H-pyrrole nitrogens is 1. The molecule has 0 saturated carbocycles. The van der Waals surface area contributed by atoms with Crippen LogP contribution in [0.4, 0.5) is 5.69 Å². The topological polar surface area (TPSA) is 246 Å². The molecule has 2 aromatic rings. The molecule has 3 rings (SSSR count). The van der Waals surface area contributed by atoms with Gasteiger partial charge in [0.2, 0.25) is 25.9 Å². The van der Waals surface area contributed by atoms with E-state index in [4.69, 9.17) is 21.3 Å². The second kappa shape index (κ2) is 11.7. The summed E-state index contributed by atoms with van der Waals surface area (Å²) in [5, 5.41) is 28.7. The number of anilines is 1. The van der Waals surface area contributed by atoms with E-state index in [2.05, 4.69) is 25.3 Å². The van der Waals surface area contributed by atoms with E-state index in [0.717, 1.165) is 18.9 Å². The van der Waals surface area contributed by atoms with E-state index in [9.17, 15) is 21.9 Å². The van der Waals surface area contributed by atoms with Gasteiger partial charge in [0.15, 0.2) is 0 Å². The Kier molecular flexibility index (Phi) is 9.11. The number of sulfonamides is 2. The van der Waals surface area contributed by atoms with Crippen LogP contribution in [0, 0.1) is 5.92 Å². The van der Waals surface area contributed by atoms with Crippen LogP contribution in [0.15, 0.2) is 21.9 Å². The Labute approximate surface area is 203 Å². The lowest BCUT2D eigenvalue weighted by Gasteiger charge is -2.35. The maximum absolute atomic E-state index is 13.0. The molecule has 17 heteroatoms. The molecule has 1 aliphatic heterocycles. The number of aromatic amines is 1. The predicted octanol–water partition coefficient (Wildman–Crippen LogP) is -2.70. The second-order valence-electron chi connectivity index (χ2n) is 8.10. The maximum atomic E-state index is 13.0. The van der Waals surface area contributed by atoms with Crippen LogP contribution in [-0.2, 0) is 24.8 Å². The van der Waals surface area contributed by atoms with Gasteiger partial charge in [-0.2, -0.15) is 5.21 Å². The van der Waals surface area contributed by atoms with E-state index in [1.807, 2.05) is 4.90 Å². The summed E-state index contributed by atoms with van der Waals surface area (Å²) in [6, 6.07) is 2.64. The molecule has 15 nitrogen and oxygen atoms in total. The number of ether oxygens (including phenoxy) is 1. The number of aliphatic hydroxyl groups excluding tert-OH is 1. The quantitative estimate of drug-likeness (QED) is 0.153.